The minimum Gasteiger partial charge on any atom is -0.353 e. The highest BCUT2D eigenvalue weighted by Gasteiger charge is 2.27. The summed E-state index contributed by atoms with van der Waals surface area (Å²) in [7, 11) is 0. The van der Waals surface area contributed by atoms with Crippen LogP contribution in [-0.4, -0.2) is 46.2 Å². The zero-order chi connectivity index (χ0) is 18.6. The Morgan fingerprint density at radius 3 is 2.59 bits per heavy atom. The molecule has 2 aromatic heterocycles. The zero-order valence-electron chi connectivity index (χ0n) is 15.1. The van der Waals surface area contributed by atoms with Crippen molar-refractivity contribution in [2.45, 2.75) is 13.0 Å². The Hall–Kier alpha value is -3.24. The van der Waals surface area contributed by atoms with E-state index < -0.39 is 0 Å². The Morgan fingerprint density at radius 2 is 1.85 bits per heavy atom. The first-order valence-electron chi connectivity index (χ1n) is 8.99. The molecule has 1 aromatic carbocycles. The van der Waals surface area contributed by atoms with E-state index >= 15 is 0 Å². The number of pyridine rings is 1. The van der Waals surface area contributed by atoms with Crippen LogP contribution in [0.4, 0.5) is 5.82 Å². The highest BCUT2D eigenvalue weighted by molar-refractivity contribution is 5.54. The van der Waals surface area contributed by atoms with E-state index in [1.807, 2.05) is 30.3 Å². The molecule has 1 atom stereocenters. The molecule has 0 spiro atoms. The third-order valence-corrected chi connectivity index (χ3v) is 4.90. The van der Waals surface area contributed by atoms with Crippen LogP contribution in [0.3, 0.4) is 0 Å². The first-order valence-corrected chi connectivity index (χ1v) is 8.99. The molecule has 136 valence electrons. The van der Waals surface area contributed by atoms with Crippen molar-refractivity contribution in [3.8, 4) is 17.5 Å². The number of anilines is 1. The van der Waals surface area contributed by atoms with E-state index in [2.05, 4.69) is 37.9 Å². The minimum absolute atomic E-state index is 0.0382. The average molecular weight is 360 g/mol. The van der Waals surface area contributed by atoms with Gasteiger partial charge in [-0.05, 0) is 19.1 Å². The van der Waals surface area contributed by atoms with Gasteiger partial charge in [-0.15, -0.1) is 0 Å². The normalized spacial score (nSPS) is 16.1. The Morgan fingerprint density at radius 1 is 1.07 bits per heavy atom. The van der Waals surface area contributed by atoms with Crippen LogP contribution >= 0.6 is 0 Å². The van der Waals surface area contributed by atoms with Crippen LogP contribution in [0.15, 0.2) is 53.2 Å². The van der Waals surface area contributed by atoms with E-state index in [0.717, 1.165) is 37.6 Å². The molecule has 0 aliphatic carbocycles. The summed E-state index contributed by atoms with van der Waals surface area (Å²) in [6.07, 6.45) is 1.73. The summed E-state index contributed by atoms with van der Waals surface area (Å²) in [6, 6.07) is 15.7. The number of nitrogens with zero attached hydrogens (tertiary/aromatic N) is 6. The van der Waals surface area contributed by atoms with Crippen molar-refractivity contribution in [1.82, 2.24) is 20.0 Å². The maximum absolute atomic E-state index is 9.28. The molecule has 0 amide bonds. The van der Waals surface area contributed by atoms with Gasteiger partial charge >= 0.3 is 0 Å². The third kappa shape index (κ3) is 3.52. The van der Waals surface area contributed by atoms with E-state index in [1.165, 1.54) is 0 Å². The zero-order valence-corrected chi connectivity index (χ0v) is 15.1. The highest BCUT2D eigenvalue weighted by Crippen LogP contribution is 2.25. The van der Waals surface area contributed by atoms with Crippen molar-refractivity contribution in [3.05, 3.63) is 60.1 Å². The van der Waals surface area contributed by atoms with Crippen molar-refractivity contribution in [1.29, 1.82) is 5.26 Å². The number of benzene rings is 1. The van der Waals surface area contributed by atoms with Gasteiger partial charge in [0.1, 0.15) is 11.9 Å². The molecule has 0 N–H and O–H groups in total. The molecule has 1 aliphatic heterocycles. The van der Waals surface area contributed by atoms with Crippen LogP contribution in [0.5, 0.6) is 0 Å². The van der Waals surface area contributed by atoms with Crippen LogP contribution in [0.25, 0.3) is 11.4 Å². The number of hydrogen-bond donors (Lipinski definition) is 0. The molecular weight excluding hydrogens is 340 g/mol. The maximum atomic E-state index is 9.28. The molecule has 1 unspecified atom stereocenters. The molecule has 1 aliphatic rings. The van der Waals surface area contributed by atoms with Crippen LogP contribution in [0.1, 0.15) is 24.4 Å². The molecule has 1 fully saturated rings. The predicted molar refractivity (Wildman–Crippen MR) is 101 cm³/mol. The summed E-state index contributed by atoms with van der Waals surface area (Å²) in [5, 5.41) is 13.4. The molecular formula is C20H20N6O. The Bertz CT molecular complexity index is 940. The first kappa shape index (κ1) is 17.2. The van der Waals surface area contributed by atoms with Gasteiger partial charge in [-0.2, -0.15) is 10.2 Å². The molecule has 0 bridgehead atoms. The summed E-state index contributed by atoms with van der Waals surface area (Å²) in [6.45, 7) is 5.36. The monoisotopic (exact) mass is 360 g/mol. The summed E-state index contributed by atoms with van der Waals surface area (Å²) in [5.74, 6) is 2.00. The SMILES string of the molecule is CC(c1nc(-c2ccccc2)no1)N1CCN(c2ncccc2C#N)CC1. The molecule has 4 rings (SSSR count). The second-order valence-corrected chi connectivity index (χ2v) is 6.51. The van der Waals surface area contributed by atoms with Gasteiger partial charge in [0.2, 0.25) is 11.7 Å². The van der Waals surface area contributed by atoms with Gasteiger partial charge in [0.25, 0.3) is 0 Å². The van der Waals surface area contributed by atoms with Crippen LogP contribution < -0.4 is 4.90 Å². The molecule has 3 aromatic rings. The average Bonchev–Trinajstić information content (AvgIpc) is 3.24. The van der Waals surface area contributed by atoms with Crippen LogP contribution in [0.2, 0.25) is 0 Å². The lowest BCUT2D eigenvalue weighted by molar-refractivity contribution is 0.164. The summed E-state index contributed by atoms with van der Waals surface area (Å²) >= 11 is 0. The number of rotatable bonds is 4. The molecule has 0 saturated carbocycles. The molecule has 3 heterocycles. The van der Waals surface area contributed by atoms with E-state index in [0.29, 0.717) is 17.3 Å². The lowest BCUT2D eigenvalue weighted by atomic mass is 10.2. The van der Waals surface area contributed by atoms with E-state index in [9.17, 15) is 5.26 Å². The number of hydrogen-bond acceptors (Lipinski definition) is 7. The quantitative estimate of drug-likeness (QED) is 0.707. The van der Waals surface area contributed by atoms with E-state index in [-0.39, 0.29) is 6.04 Å². The third-order valence-electron chi connectivity index (χ3n) is 4.90. The van der Waals surface area contributed by atoms with Gasteiger partial charge in [-0.3, -0.25) is 4.90 Å². The number of aromatic nitrogens is 3. The second-order valence-electron chi connectivity index (χ2n) is 6.51. The fourth-order valence-electron chi connectivity index (χ4n) is 3.32. The van der Waals surface area contributed by atoms with Gasteiger partial charge in [0.05, 0.1) is 11.6 Å². The lowest BCUT2D eigenvalue weighted by Crippen LogP contribution is -2.47. The fraction of sp³-hybridized carbons (Fsp3) is 0.300. The molecule has 0 radical (unpaired) electrons. The van der Waals surface area contributed by atoms with Crippen LogP contribution in [-0.2, 0) is 0 Å². The van der Waals surface area contributed by atoms with Gasteiger partial charge in [0, 0.05) is 37.9 Å². The smallest absolute Gasteiger partial charge is 0.244 e. The summed E-state index contributed by atoms with van der Waals surface area (Å²) in [5.41, 5.74) is 1.56. The summed E-state index contributed by atoms with van der Waals surface area (Å²) < 4.78 is 5.51. The predicted octanol–water partition coefficient (Wildman–Crippen LogP) is 2.89. The maximum Gasteiger partial charge on any atom is 0.244 e. The number of piperazine rings is 1. The van der Waals surface area contributed by atoms with Gasteiger partial charge in [-0.1, -0.05) is 35.5 Å². The van der Waals surface area contributed by atoms with Crippen molar-refractivity contribution >= 4 is 5.82 Å². The van der Waals surface area contributed by atoms with Crippen molar-refractivity contribution < 1.29 is 4.52 Å². The minimum atomic E-state index is 0.0382. The van der Waals surface area contributed by atoms with Gasteiger partial charge in [0.15, 0.2) is 0 Å². The highest BCUT2D eigenvalue weighted by atomic mass is 16.5. The van der Waals surface area contributed by atoms with E-state index in [1.54, 1.807) is 18.3 Å². The van der Waals surface area contributed by atoms with E-state index in [4.69, 9.17) is 4.52 Å². The number of nitriles is 1. The van der Waals surface area contributed by atoms with Crippen LogP contribution in [0, 0.1) is 11.3 Å². The molecule has 7 nitrogen and oxygen atoms in total. The fourth-order valence-corrected chi connectivity index (χ4v) is 3.32. The Labute approximate surface area is 157 Å². The standard InChI is InChI=1S/C20H20N6O/c1-15(20-23-18(24-27-20)16-6-3-2-4-7-16)25-10-12-26(13-11-25)19-17(14-21)8-5-9-22-19/h2-9,15H,10-13H2,1H3. The van der Waals surface area contributed by atoms with Crippen molar-refractivity contribution in [2.24, 2.45) is 0 Å². The van der Waals surface area contributed by atoms with Gasteiger partial charge < -0.3 is 9.42 Å². The first-order chi connectivity index (χ1) is 13.3. The van der Waals surface area contributed by atoms with Crippen molar-refractivity contribution in [3.63, 3.8) is 0 Å². The molecule has 27 heavy (non-hydrogen) atoms. The van der Waals surface area contributed by atoms with Gasteiger partial charge in [-0.25, -0.2) is 4.98 Å². The molecule has 7 heteroatoms. The lowest BCUT2D eigenvalue weighted by Gasteiger charge is -2.37. The van der Waals surface area contributed by atoms with Crippen molar-refractivity contribution in [2.75, 3.05) is 31.1 Å². The largest absolute Gasteiger partial charge is 0.353 e. The Kier molecular flexibility index (Phi) is 4.81. The molecule has 1 saturated heterocycles. The second kappa shape index (κ2) is 7.56. The Balaban J connectivity index is 1.43. The topological polar surface area (TPSA) is 82.1 Å². The summed E-state index contributed by atoms with van der Waals surface area (Å²) in [4.78, 5) is 13.4.